The number of amides is 2. The summed E-state index contributed by atoms with van der Waals surface area (Å²) in [6.07, 6.45) is 0.904. The number of ether oxygens (including phenoxy) is 1. The highest BCUT2D eigenvalue weighted by molar-refractivity contribution is 6.74. The number of nitrogens with zero attached hydrogens (tertiary/aromatic N) is 1. The molecule has 0 spiro atoms. The van der Waals surface area contributed by atoms with E-state index in [0.717, 1.165) is 12.8 Å². The summed E-state index contributed by atoms with van der Waals surface area (Å²) in [6, 6.07) is 0. The molecule has 7 heteroatoms. The number of carbonyl (C=O) groups excluding carboxylic acids is 2. The van der Waals surface area contributed by atoms with Gasteiger partial charge >= 0.3 is 6.09 Å². The van der Waals surface area contributed by atoms with E-state index in [0.29, 0.717) is 19.6 Å². The third-order valence-corrected chi connectivity index (χ3v) is 9.26. The largest absolute Gasteiger partial charge is 0.444 e. The second-order valence-electron chi connectivity index (χ2n) is 9.26. The minimum Gasteiger partial charge on any atom is -0.444 e. The predicted octanol–water partition coefficient (Wildman–Crippen LogP) is 3.52. The summed E-state index contributed by atoms with van der Waals surface area (Å²) >= 11 is 0. The summed E-state index contributed by atoms with van der Waals surface area (Å²) in [5.74, 6) is 0.0436. The number of likely N-dealkylation sites (tertiary alicyclic amines) is 1. The SMILES string of the molecule is CC(C)(C)OC(=O)NCCN1CCCC(O[Si](C)(C)C(C)(C)C)C1=O. The standard InChI is InChI=1S/C18H36N2O4Si/c1-17(2,3)23-16(22)19-11-13-20-12-9-10-14(15(20)21)24-25(7,8)18(4,5)6/h14H,9-13H2,1-8H3,(H,19,22). The molecule has 1 saturated heterocycles. The lowest BCUT2D eigenvalue weighted by Gasteiger charge is -2.41. The lowest BCUT2D eigenvalue weighted by Crippen LogP contribution is -2.53. The molecule has 1 atom stereocenters. The number of alkyl carbamates (subject to hydrolysis) is 1. The van der Waals surface area contributed by atoms with E-state index in [9.17, 15) is 9.59 Å². The van der Waals surface area contributed by atoms with E-state index in [-0.39, 0.29) is 17.0 Å². The summed E-state index contributed by atoms with van der Waals surface area (Å²) in [7, 11) is -1.98. The van der Waals surface area contributed by atoms with E-state index in [1.165, 1.54) is 0 Å². The van der Waals surface area contributed by atoms with Gasteiger partial charge in [0.25, 0.3) is 5.91 Å². The van der Waals surface area contributed by atoms with E-state index in [4.69, 9.17) is 9.16 Å². The molecule has 0 saturated carbocycles. The molecule has 0 aromatic rings. The zero-order valence-corrected chi connectivity index (χ0v) is 18.2. The number of piperidine rings is 1. The van der Waals surface area contributed by atoms with Crippen LogP contribution < -0.4 is 5.32 Å². The topological polar surface area (TPSA) is 67.9 Å². The molecular weight excluding hydrogens is 336 g/mol. The minimum atomic E-state index is -1.98. The van der Waals surface area contributed by atoms with Gasteiger partial charge in [0.2, 0.25) is 0 Å². The number of carbonyl (C=O) groups is 2. The van der Waals surface area contributed by atoms with Gasteiger partial charge in [-0.2, -0.15) is 0 Å². The summed E-state index contributed by atoms with van der Waals surface area (Å²) in [5, 5.41) is 2.78. The number of hydrogen-bond donors (Lipinski definition) is 1. The van der Waals surface area contributed by atoms with Crippen LogP contribution in [-0.2, 0) is 14.0 Å². The Morgan fingerprint density at radius 2 is 1.84 bits per heavy atom. The zero-order valence-electron chi connectivity index (χ0n) is 17.2. The van der Waals surface area contributed by atoms with E-state index in [2.05, 4.69) is 39.2 Å². The highest BCUT2D eigenvalue weighted by atomic mass is 28.4. The molecule has 6 nitrogen and oxygen atoms in total. The van der Waals surface area contributed by atoms with Crippen LogP contribution in [-0.4, -0.2) is 56.6 Å². The fourth-order valence-corrected chi connectivity index (χ4v) is 3.66. The number of nitrogens with one attached hydrogen (secondary N) is 1. The Balaban J connectivity index is 2.52. The molecule has 25 heavy (non-hydrogen) atoms. The Kier molecular flexibility index (Phi) is 7.09. The van der Waals surface area contributed by atoms with E-state index in [1.54, 1.807) is 4.90 Å². The molecule has 1 fully saturated rings. The van der Waals surface area contributed by atoms with Crippen molar-refractivity contribution >= 4 is 20.3 Å². The Morgan fingerprint density at radius 1 is 1.24 bits per heavy atom. The highest BCUT2D eigenvalue weighted by Crippen LogP contribution is 2.38. The van der Waals surface area contributed by atoms with Crippen LogP contribution in [0.5, 0.6) is 0 Å². The molecule has 1 N–H and O–H groups in total. The van der Waals surface area contributed by atoms with Crippen LogP contribution in [0.2, 0.25) is 18.1 Å². The fraction of sp³-hybridized carbons (Fsp3) is 0.889. The molecule has 0 aromatic carbocycles. The molecule has 1 aliphatic heterocycles. The van der Waals surface area contributed by atoms with E-state index in [1.807, 2.05) is 20.8 Å². The summed E-state index contributed by atoms with van der Waals surface area (Å²) in [6.45, 7) is 17.9. The second-order valence-corrected chi connectivity index (χ2v) is 14.0. The van der Waals surface area contributed by atoms with Gasteiger partial charge in [-0.25, -0.2) is 4.79 Å². The normalized spacial score (nSPS) is 19.8. The smallest absolute Gasteiger partial charge is 0.407 e. The minimum absolute atomic E-state index is 0.0436. The Bertz CT molecular complexity index is 480. The van der Waals surface area contributed by atoms with Crippen molar-refractivity contribution in [3.05, 3.63) is 0 Å². The van der Waals surface area contributed by atoms with Crippen molar-refractivity contribution in [3.8, 4) is 0 Å². The molecular formula is C18H36N2O4Si. The first kappa shape index (κ1) is 22.0. The van der Waals surface area contributed by atoms with Crippen molar-refractivity contribution in [3.63, 3.8) is 0 Å². The van der Waals surface area contributed by atoms with Crippen LogP contribution in [0.25, 0.3) is 0 Å². The van der Waals surface area contributed by atoms with Gasteiger partial charge in [-0.3, -0.25) is 4.79 Å². The van der Waals surface area contributed by atoms with Gasteiger partial charge in [-0.1, -0.05) is 20.8 Å². The molecule has 1 aliphatic rings. The van der Waals surface area contributed by atoms with Crippen LogP contribution >= 0.6 is 0 Å². The maximum absolute atomic E-state index is 12.7. The maximum atomic E-state index is 12.7. The molecule has 0 bridgehead atoms. The monoisotopic (exact) mass is 372 g/mol. The van der Waals surface area contributed by atoms with E-state index >= 15 is 0 Å². The van der Waals surface area contributed by atoms with Crippen molar-refractivity contribution in [1.82, 2.24) is 10.2 Å². The Morgan fingerprint density at radius 3 is 2.36 bits per heavy atom. The second kappa shape index (κ2) is 8.08. The van der Waals surface area contributed by atoms with Crippen LogP contribution in [0.4, 0.5) is 4.79 Å². The number of hydrogen-bond acceptors (Lipinski definition) is 4. The molecule has 1 rings (SSSR count). The first-order chi connectivity index (χ1) is 11.2. The van der Waals surface area contributed by atoms with Gasteiger partial charge in [0.05, 0.1) is 0 Å². The van der Waals surface area contributed by atoms with Gasteiger partial charge in [0.1, 0.15) is 11.7 Å². The maximum Gasteiger partial charge on any atom is 0.407 e. The predicted molar refractivity (Wildman–Crippen MR) is 102 cm³/mol. The van der Waals surface area contributed by atoms with Crippen LogP contribution in [0.15, 0.2) is 0 Å². The summed E-state index contributed by atoms with van der Waals surface area (Å²) in [4.78, 5) is 26.2. The average Bonchev–Trinajstić information content (AvgIpc) is 2.39. The molecule has 2 amide bonds. The summed E-state index contributed by atoms with van der Waals surface area (Å²) < 4.78 is 11.5. The average molecular weight is 373 g/mol. The number of rotatable bonds is 5. The van der Waals surface area contributed by atoms with Crippen molar-refractivity contribution in [2.24, 2.45) is 0 Å². The third-order valence-electron chi connectivity index (χ3n) is 4.77. The molecule has 0 radical (unpaired) electrons. The Labute approximate surface area is 153 Å². The molecule has 1 heterocycles. The Hall–Kier alpha value is -1.08. The third kappa shape index (κ3) is 6.97. The quantitative estimate of drug-likeness (QED) is 0.750. The van der Waals surface area contributed by atoms with Gasteiger partial charge < -0.3 is 19.4 Å². The van der Waals surface area contributed by atoms with Crippen LogP contribution in [0.1, 0.15) is 54.4 Å². The lowest BCUT2D eigenvalue weighted by atomic mass is 10.1. The van der Waals surface area contributed by atoms with E-state index < -0.39 is 20.0 Å². The molecule has 0 aromatic heterocycles. The first-order valence-corrected chi connectivity index (χ1v) is 12.1. The molecule has 0 aliphatic carbocycles. The molecule has 146 valence electrons. The highest BCUT2D eigenvalue weighted by Gasteiger charge is 2.42. The summed E-state index contributed by atoms with van der Waals surface area (Å²) in [5.41, 5.74) is -0.521. The fourth-order valence-electron chi connectivity index (χ4n) is 2.38. The van der Waals surface area contributed by atoms with Crippen molar-refractivity contribution in [2.75, 3.05) is 19.6 Å². The lowest BCUT2D eigenvalue weighted by molar-refractivity contribution is -0.142. The van der Waals surface area contributed by atoms with Crippen LogP contribution in [0.3, 0.4) is 0 Å². The van der Waals surface area contributed by atoms with Gasteiger partial charge in [-0.15, -0.1) is 0 Å². The molecule has 1 unspecified atom stereocenters. The van der Waals surface area contributed by atoms with Crippen molar-refractivity contribution < 1.29 is 18.8 Å². The van der Waals surface area contributed by atoms with Gasteiger partial charge in [0.15, 0.2) is 8.32 Å². The van der Waals surface area contributed by atoms with Gasteiger partial charge in [0, 0.05) is 19.6 Å². The first-order valence-electron chi connectivity index (χ1n) is 9.16. The van der Waals surface area contributed by atoms with Gasteiger partial charge in [-0.05, 0) is 51.7 Å². The zero-order chi connectivity index (χ0) is 19.5. The van der Waals surface area contributed by atoms with Crippen LogP contribution in [0, 0.1) is 0 Å². The van der Waals surface area contributed by atoms with Crippen molar-refractivity contribution in [1.29, 1.82) is 0 Å². The van der Waals surface area contributed by atoms with Crippen molar-refractivity contribution in [2.45, 2.75) is 84.2 Å².